The Balaban J connectivity index is 1.94. The van der Waals surface area contributed by atoms with E-state index in [1.54, 1.807) is 11.9 Å². The van der Waals surface area contributed by atoms with Crippen LogP contribution < -0.4 is 15.4 Å². The predicted molar refractivity (Wildman–Crippen MR) is 123 cm³/mol. The van der Waals surface area contributed by atoms with Crippen molar-refractivity contribution < 1.29 is 19.0 Å². The first-order chi connectivity index (χ1) is 14.7. The van der Waals surface area contributed by atoms with Gasteiger partial charge in [-0.3, -0.25) is 0 Å². The molecule has 1 heterocycles. The van der Waals surface area contributed by atoms with Gasteiger partial charge < -0.3 is 29.7 Å². The van der Waals surface area contributed by atoms with E-state index in [2.05, 4.69) is 35.8 Å². The number of likely N-dealkylation sites (N-methyl/N-ethyl adjacent to an activating group) is 1. The number of benzene rings is 1. The van der Waals surface area contributed by atoms with Gasteiger partial charge >= 0.3 is 6.09 Å². The maximum Gasteiger partial charge on any atom is 0.410 e. The van der Waals surface area contributed by atoms with E-state index in [0.29, 0.717) is 32.2 Å². The minimum absolute atomic E-state index is 0.0966. The van der Waals surface area contributed by atoms with Gasteiger partial charge in [-0.1, -0.05) is 12.1 Å². The quantitative estimate of drug-likeness (QED) is 0.483. The number of hydrogen-bond donors (Lipinski definition) is 2. The van der Waals surface area contributed by atoms with Crippen molar-refractivity contribution in [2.75, 3.05) is 39.9 Å². The summed E-state index contributed by atoms with van der Waals surface area (Å²) in [6.07, 6.45) is 0.666. The molecule has 8 nitrogen and oxygen atoms in total. The normalized spacial score (nSPS) is 16.7. The lowest BCUT2D eigenvalue weighted by atomic mass is 10.1. The fourth-order valence-electron chi connectivity index (χ4n) is 2.97. The lowest BCUT2D eigenvalue weighted by Crippen LogP contribution is -2.43. The minimum atomic E-state index is -0.506. The zero-order valence-corrected chi connectivity index (χ0v) is 19.8. The number of hydrogen-bond acceptors (Lipinski definition) is 5. The fourth-order valence-corrected chi connectivity index (χ4v) is 2.97. The molecule has 2 N–H and O–H groups in total. The standard InChI is InChI=1S/C23H38N4O4/c1-7-24-21(25-11-12-27(6)22(28)31-23(3,4)5)26-15-18-9-8-17(2)14-20(18)30-19-10-13-29-16-19/h8-9,14,19H,7,10-13,15-16H2,1-6H3,(H2,24,25,26). The Bertz CT molecular complexity index is 740. The second-order valence-corrected chi connectivity index (χ2v) is 8.74. The molecule has 0 saturated carbocycles. The van der Waals surface area contributed by atoms with Gasteiger partial charge in [-0.2, -0.15) is 0 Å². The van der Waals surface area contributed by atoms with Crippen LogP contribution in [0.2, 0.25) is 0 Å². The molecule has 1 fully saturated rings. The van der Waals surface area contributed by atoms with E-state index < -0.39 is 5.60 Å². The summed E-state index contributed by atoms with van der Waals surface area (Å²) < 4.78 is 17.0. The van der Waals surface area contributed by atoms with Crippen LogP contribution in [0.25, 0.3) is 0 Å². The van der Waals surface area contributed by atoms with Crippen molar-refractivity contribution in [1.82, 2.24) is 15.5 Å². The van der Waals surface area contributed by atoms with E-state index in [0.717, 1.165) is 36.4 Å². The van der Waals surface area contributed by atoms with E-state index in [-0.39, 0.29) is 12.2 Å². The number of carbonyl (C=O) groups excluding carboxylic acids is 1. The summed E-state index contributed by atoms with van der Waals surface area (Å²) in [5.41, 5.74) is 1.67. The van der Waals surface area contributed by atoms with Crippen molar-refractivity contribution in [3.63, 3.8) is 0 Å². The summed E-state index contributed by atoms with van der Waals surface area (Å²) in [4.78, 5) is 18.3. The molecular formula is C23H38N4O4. The second kappa shape index (κ2) is 11.8. The highest BCUT2D eigenvalue weighted by Gasteiger charge is 2.20. The van der Waals surface area contributed by atoms with Crippen LogP contribution in [0.3, 0.4) is 0 Å². The van der Waals surface area contributed by atoms with Crippen LogP contribution in [-0.4, -0.2) is 68.6 Å². The molecule has 31 heavy (non-hydrogen) atoms. The zero-order chi connectivity index (χ0) is 22.9. The van der Waals surface area contributed by atoms with Gasteiger partial charge in [-0.25, -0.2) is 9.79 Å². The third kappa shape index (κ3) is 9.04. The summed E-state index contributed by atoms with van der Waals surface area (Å²) in [5, 5.41) is 6.51. The van der Waals surface area contributed by atoms with Gasteiger partial charge in [0.2, 0.25) is 0 Å². The smallest absolute Gasteiger partial charge is 0.410 e. The summed E-state index contributed by atoms with van der Waals surface area (Å²) in [5.74, 6) is 1.55. The van der Waals surface area contributed by atoms with Crippen molar-refractivity contribution in [2.45, 2.75) is 59.3 Å². The lowest BCUT2D eigenvalue weighted by molar-refractivity contribution is 0.0302. The van der Waals surface area contributed by atoms with Crippen LogP contribution in [-0.2, 0) is 16.0 Å². The molecule has 1 atom stereocenters. The van der Waals surface area contributed by atoms with E-state index in [9.17, 15) is 4.79 Å². The molecule has 0 radical (unpaired) electrons. The molecule has 1 aliphatic heterocycles. The Morgan fingerprint density at radius 1 is 1.32 bits per heavy atom. The Hall–Kier alpha value is -2.48. The van der Waals surface area contributed by atoms with Gasteiger partial charge in [-0.15, -0.1) is 0 Å². The maximum atomic E-state index is 12.1. The molecule has 1 aromatic rings. The monoisotopic (exact) mass is 434 g/mol. The van der Waals surface area contributed by atoms with Gasteiger partial charge in [-0.05, 0) is 46.2 Å². The van der Waals surface area contributed by atoms with Gasteiger partial charge in [0.05, 0.1) is 19.8 Å². The van der Waals surface area contributed by atoms with Crippen LogP contribution in [0.5, 0.6) is 5.75 Å². The van der Waals surface area contributed by atoms with Crippen LogP contribution in [0.4, 0.5) is 4.79 Å². The van der Waals surface area contributed by atoms with Crippen molar-refractivity contribution in [2.24, 2.45) is 4.99 Å². The van der Waals surface area contributed by atoms with E-state index in [1.807, 2.05) is 27.7 Å². The van der Waals surface area contributed by atoms with Gasteiger partial charge in [0.15, 0.2) is 5.96 Å². The highest BCUT2D eigenvalue weighted by Crippen LogP contribution is 2.24. The molecule has 1 saturated heterocycles. The van der Waals surface area contributed by atoms with Crippen molar-refractivity contribution in [1.29, 1.82) is 0 Å². The SMILES string of the molecule is CCNC(=NCc1ccc(C)cc1OC1CCOC1)NCCN(C)C(=O)OC(C)(C)C. The number of ether oxygens (including phenoxy) is 3. The molecule has 8 heteroatoms. The molecule has 174 valence electrons. The molecule has 1 amide bonds. The van der Waals surface area contributed by atoms with Crippen molar-refractivity contribution in [3.05, 3.63) is 29.3 Å². The number of nitrogens with one attached hydrogen (secondary N) is 2. The van der Waals surface area contributed by atoms with Crippen molar-refractivity contribution in [3.8, 4) is 5.75 Å². The number of carbonyl (C=O) groups is 1. The molecule has 0 aliphatic carbocycles. The molecule has 1 unspecified atom stereocenters. The Morgan fingerprint density at radius 3 is 2.74 bits per heavy atom. The van der Waals surface area contributed by atoms with E-state index >= 15 is 0 Å². The highest BCUT2D eigenvalue weighted by molar-refractivity contribution is 5.79. The topological polar surface area (TPSA) is 84.4 Å². The second-order valence-electron chi connectivity index (χ2n) is 8.74. The first kappa shape index (κ1) is 24.8. The first-order valence-corrected chi connectivity index (χ1v) is 11.0. The molecular weight excluding hydrogens is 396 g/mol. The molecule has 0 spiro atoms. The van der Waals surface area contributed by atoms with E-state index in [4.69, 9.17) is 19.2 Å². The number of amides is 1. The van der Waals surface area contributed by atoms with Gasteiger partial charge in [0, 0.05) is 38.7 Å². The number of aliphatic imine (C=N–C) groups is 1. The molecule has 0 aromatic heterocycles. The number of nitrogens with zero attached hydrogens (tertiary/aromatic N) is 2. The van der Waals surface area contributed by atoms with Crippen LogP contribution >= 0.6 is 0 Å². The summed E-state index contributed by atoms with van der Waals surface area (Å²) in [6.45, 7) is 13.3. The predicted octanol–water partition coefficient (Wildman–Crippen LogP) is 3.08. The number of guanidine groups is 1. The Labute approximate surface area is 186 Å². The zero-order valence-electron chi connectivity index (χ0n) is 19.8. The first-order valence-electron chi connectivity index (χ1n) is 11.0. The average molecular weight is 435 g/mol. The highest BCUT2D eigenvalue weighted by atomic mass is 16.6. The number of rotatable bonds is 8. The largest absolute Gasteiger partial charge is 0.488 e. The van der Waals surface area contributed by atoms with Gasteiger partial charge in [0.25, 0.3) is 0 Å². The lowest BCUT2D eigenvalue weighted by Gasteiger charge is -2.25. The Kier molecular flexibility index (Phi) is 9.43. The molecule has 2 rings (SSSR count). The fraction of sp³-hybridized carbons (Fsp3) is 0.652. The van der Waals surface area contributed by atoms with E-state index in [1.165, 1.54) is 0 Å². The van der Waals surface area contributed by atoms with Gasteiger partial charge in [0.1, 0.15) is 17.5 Å². The Morgan fingerprint density at radius 2 is 2.10 bits per heavy atom. The molecule has 1 aliphatic rings. The minimum Gasteiger partial charge on any atom is -0.488 e. The summed E-state index contributed by atoms with van der Waals surface area (Å²) >= 11 is 0. The van der Waals surface area contributed by atoms with Crippen LogP contribution in [0, 0.1) is 6.92 Å². The average Bonchev–Trinajstić information content (AvgIpc) is 3.18. The molecule has 1 aromatic carbocycles. The molecule has 0 bridgehead atoms. The summed E-state index contributed by atoms with van der Waals surface area (Å²) in [7, 11) is 1.72. The summed E-state index contributed by atoms with van der Waals surface area (Å²) in [6, 6.07) is 6.18. The van der Waals surface area contributed by atoms with Crippen LogP contribution in [0.15, 0.2) is 23.2 Å². The third-order valence-corrected chi connectivity index (χ3v) is 4.60. The van der Waals surface area contributed by atoms with Crippen molar-refractivity contribution >= 4 is 12.1 Å². The number of aryl methyl sites for hydroxylation is 1. The third-order valence-electron chi connectivity index (χ3n) is 4.60. The van der Waals surface area contributed by atoms with Crippen LogP contribution in [0.1, 0.15) is 45.2 Å². The maximum absolute atomic E-state index is 12.1.